The SMILES string of the molecule is O=C(N1CCOCC1)N1CCc2cc(-c3cnc4[nH]cc(Cl)c4n3)cc([C@@H]3COCCN3)c2C1. The summed E-state index contributed by atoms with van der Waals surface area (Å²) in [4.78, 5) is 29.4. The summed E-state index contributed by atoms with van der Waals surface area (Å²) in [6.45, 7) is 5.88. The number of carbonyl (C=O) groups is 1. The lowest BCUT2D eigenvalue weighted by atomic mass is 9.88. The maximum atomic E-state index is 13.2. The van der Waals surface area contributed by atoms with Crippen molar-refractivity contribution >= 4 is 28.8 Å². The Morgan fingerprint density at radius 3 is 2.82 bits per heavy atom. The van der Waals surface area contributed by atoms with Crippen molar-refractivity contribution in [1.29, 1.82) is 0 Å². The van der Waals surface area contributed by atoms with E-state index in [0.717, 1.165) is 29.8 Å². The van der Waals surface area contributed by atoms with Crippen LogP contribution >= 0.6 is 11.6 Å². The molecule has 2 amide bonds. The smallest absolute Gasteiger partial charge is 0.320 e. The number of ether oxygens (including phenoxy) is 2. The van der Waals surface area contributed by atoms with E-state index in [1.165, 1.54) is 11.1 Å². The number of hydrogen-bond acceptors (Lipinski definition) is 6. The van der Waals surface area contributed by atoms with Crippen molar-refractivity contribution in [2.24, 2.45) is 0 Å². The van der Waals surface area contributed by atoms with E-state index in [4.69, 9.17) is 26.1 Å². The zero-order valence-corrected chi connectivity index (χ0v) is 19.6. The molecule has 3 aliphatic rings. The number of fused-ring (bicyclic) bond motifs is 2. The van der Waals surface area contributed by atoms with Gasteiger partial charge in [0, 0.05) is 44.5 Å². The van der Waals surface area contributed by atoms with Gasteiger partial charge in [0.25, 0.3) is 0 Å². The van der Waals surface area contributed by atoms with Crippen molar-refractivity contribution in [1.82, 2.24) is 30.1 Å². The van der Waals surface area contributed by atoms with E-state index < -0.39 is 0 Å². The summed E-state index contributed by atoms with van der Waals surface area (Å²) in [5.41, 5.74) is 6.73. The molecule has 0 aliphatic carbocycles. The van der Waals surface area contributed by atoms with Gasteiger partial charge in [-0.15, -0.1) is 0 Å². The van der Waals surface area contributed by atoms with Crippen molar-refractivity contribution in [3.05, 3.63) is 46.2 Å². The Morgan fingerprint density at radius 2 is 2.00 bits per heavy atom. The number of aromatic amines is 1. The zero-order chi connectivity index (χ0) is 23.1. The van der Waals surface area contributed by atoms with Gasteiger partial charge in [-0.25, -0.2) is 14.8 Å². The van der Waals surface area contributed by atoms with Gasteiger partial charge < -0.3 is 29.6 Å². The molecule has 2 saturated heterocycles. The third-order valence-corrected chi connectivity index (χ3v) is 7.14. The van der Waals surface area contributed by atoms with Gasteiger partial charge in [-0.2, -0.15) is 0 Å². The molecule has 178 valence electrons. The number of H-pyrrole nitrogens is 1. The first-order valence-corrected chi connectivity index (χ1v) is 12.1. The maximum absolute atomic E-state index is 13.2. The molecule has 0 bridgehead atoms. The number of carbonyl (C=O) groups excluding carboxylic acids is 1. The fourth-order valence-electron chi connectivity index (χ4n) is 5.04. The lowest BCUT2D eigenvalue weighted by Gasteiger charge is -2.37. The summed E-state index contributed by atoms with van der Waals surface area (Å²) in [7, 11) is 0. The second kappa shape index (κ2) is 9.14. The monoisotopic (exact) mass is 482 g/mol. The number of aromatic nitrogens is 3. The average molecular weight is 483 g/mol. The summed E-state index contributed by atoms with van der Waals surface area (Å²) in [5.74, 6) is 0. The van der Waals surface area contributed by atoms with E-state index in [9.17, 15) is 4.79 Å². The minimum atomic E-state index is 0.0634. The van der Waals surface area contributed by atoms with Crippen LogP contribution < -0.4 is 5.32 Å². The van der Waals surface area contributed by atoms with Gasteiger partial charge in [0.1, 0.15) is 5.52 Å². The van der Waals surface area contributed by atoms with Crippen molar-refractivity contribution in [3.63, 3.8) is 0 Å². The van der Waals surface area contributed by atoms with Crippen LogP contribution in [0.4, 0.5) is 4.79 Å². The first-order chi connectivity index (χ1) is 16.7. The Balaban J connectivity index is 1.37. The molecule has 2 fully saturated rings. The number of rotatable bonds is 2. The molecule has 10 heteroatoms. The fourth-order valence-corrected chi connectivity index (χ4v) is 5.23. The lowest BCUT2D eigenvalue weighted by Crippen LogP contribution is -2.49. The van der Waals surface area contributed by atoms with Crippen molar-refractivity contribution in [3.8, 4) is 11.3 Å². The Kier molecular flexibility index (Phi) is 5.86. The van der Waals surface area contributed by atoms with E-state index in [1.807, 2.05) is 9.80 Å². The van der Waals surface area contributed by atoms with Crippen LogP contribution in [0.15, 0.2) is 24.5 Å². The predicted molar refractivity (Wildman–Crippen MR) is 128 cm³/mol. The van der Waals surface area contributed by atoms with E-state index in [2.05, 4.69) is 27.4 Å². The molecule has 34 heavy (non-hydrogen) atoms. The predicted octanol–water partition coefficient (Wildman–Crippen LogP) is 2.75. The van der Waals surface area contributed by atoms with Gasteiger partial charge in [0.05, 0.1) is 49.4 Å². The van der Waals surface area contributed by atoms with Crippen LogP contribution in [0, 0.1) is 0 Å². The minimum Gasteiger partial charge on any atom is -0.378 e. The van der Waals surface area contributed by atoms with Crippen molar-refractivity contribution < 1.29 is 14.3 Å². The quantitative estimate of drug-likeness (QED) is 0.583. The van der Waals surface area contributed by atoms with E-state index in [-0.39, 0.29) is 12.1 Å². The standard InChI is InChI=1S/C24H27ClN6O3/c25-19-11-27-23-22(19)29-20(12-28-23)16-9-15-1-3-31(24(32)30-4-7-33-8-5-30)13-18(15)17(10-16)21-14-34-6-2-26-21/h9-12,21,26H,1-8,13-14H2,(H,27,28)/t21-/m0/s1. The highest BCUT2D eigenvalue weighted by atomic mass is 35.5. The van der Waals surface area contributed by atoms with Gasteiger partial charge in [-0.1, -0.05) is 11.6 Å². The lowest BCUT2D eigenvalue weighted by molar-refractivity contribution is 0.0420. The molecule has 0 spiro atoms. The highest BCUT2D eigenvalue weighted by Crippen LogP contribution is 2.34. The minimum absolute atomic E-state index is 0.0634. The van der Waals surface area contributed by atoms with Crippen LogP contribution in [-0.2, 0) is 22.4 Å². The van der Waals surface area contributed by atoms with Crippen LogP contribution in [0.5, 0.6) is 0 Å². The second-order valence-electron chi connectivity index (χ2n) is 8.93. The highest BCUT2D eigenvalue weighted by Gasteiger charge is 2.30. The number of nitrogens with zero attached hydrogens (tertiary/aromatic N) is 4. The molecule has 0 unspecified atom stereocenters. The summed E-state index contributed by atoms with van der Waals surface area (Å²) >= 11 is 6.30. The van der Waals surface area contributed by atoms with Gasteiger partial charge >= 0.3 is 6.03 Å². The average Bonchev–Trinajstić information content (AvgIpc) is 3.28. The first kappa shape index (κ1) is 21.8. The Hall–Kier alpha value is -2.72. The fraction of sp³-hybridized carbons (Fsp3) is 0.458. The van der Waals surface area contributed by atoms with Gasteiger partial charge in [-0.05, 0) is 35.2 Å². The Bertz CT molecular complexity index is 1220. The number of halogens is 1. The van der Waals surface area contributed by atoms with Crippen molar-refractivity contribution in [2.45, 2.75) is 19.0 Å². The van der Waals surface area contributed by atoms with Crippen LogP contribution in [-0.4, -0.2) is 83.4 Å². The molecule has 1 aromatic carbocycles. The molecule has 2 aromatic heterocycles. The largest absolute Gasteiger partial charge is 0.378 e. The third kappa shape index (κ3) is 4.02. The number of hydrogen-bond donors (Lipinski definition) is 2. The molecule has 1 atom stereocenters. The molecule has 0 radical (unpaired) electrons. The summed E-state index contributed by atoms with van der Waals surface area (Å²) in [6.07, 6.45) is 4.28. The van der Waals surface area contributed by atoms with Gasteiger partial charge in [0.15, 0.2) is 5.65 Å². The molecule has 6 rings (SSSR count). The van der Waals surface area contributed by atoms with Gasteiger partial charge in [-0.3, -0.25) is 0 Å². The third-order valence-electron chi connectivity index (χ3n) is 6.86. The van der Waals surface area contributed by atoms with E-state index >= 15 is 0 Å². The molecule has 9 nitrogen and oxygen atoms in total. The molecular weight excluding hydrogens is 456 g/mol. The Labute approximate surface area is 202 Å². The van der Waals surface area contributed by atoms with E-state index in [1.54, 1.807) is 12.4 Å². The molecule has 5 heterocycles. The number of urea groups is 1. The normalized spacial score (nSPS) is 21.0. The number of morpholine rings is 2. The first-order valence-electron chi connectivity index (χ1n) is 11.8. The number of nitrogens with one attached hydrogen (secondary N) is 2. The molecule has 3 aliphatic heterocycles. The Morgan fingerprint density at radius 1 is 1.12 bits per heavy atom. The highest BCUT2D eigenvalue weighted by molar-refractivity contribution is 6.34. The molecule has 2 N–H and O–H groups in total. The van der Waals surface area contributed by atoms with Crippen LogP contribution in [0.1, 0.15) is 22.7 Å². The summed E-state index contributed by atoms with van der Waals surface area (Å²) in [6, 6.07) is 4.52. The molecular formula is C24H27ClN6O3. The molecule has 0 saturated carbocycles. The molecule has 3 aromatic rings. The number of benzene rings is 1. The maximum Gasteiger partial charge on any atom is 0.320 e. The van der Waals surface area contributed by atoms with Crippen molar-refractivity contribution in [2.75, 3.05) is 52.6 Å². The zero-order valence-electron chi connectivity index (χ0n) is 18.8. The number of amides is 2. The van der Waals surface area contributed by atoms with Crippen LogP contribution in [0.3, 0.4) is 0 Å². The topological polar surface area (TPSA) is 95.6 Å². The van der Waals surface area contributed by atoms with Gasteiger partial charge in [0.2, 0.25) is 0 Å². The van der Waals surface area contributed by atoms with Crippen LogP contribution in [0.2, 0.25) is 5.02 Å². The van der Waals surface area contributed by atoms with Crippen LogP contribution in [0.25, 0.3) is 22.4 Å². The second-order valence-corrected chi connectivity index (χ2v) is 9.33. The van der Waals surface area contributed by atoms with E-state index in [0.29, 0.717) is 68.8 Å². The summed E-state index contributed by atoms with van der Waals surface area (Å²) in [5, 5.41) is 4.15. The summed E-state index contributed by atoms with van der Waals surface area (Å²) < 4.78 is 11.2.